The number of anilines is 1. The molecule has 0 fully saturated rings. The minimum atomic E-state index is -0.320. The molecule has 0 bridgehead atoms. The summed E-state index contributed by atoms with van der Waals surface area (Å²) in [7, 11) is 0. The predicted octanol–water partition coefficient (Wildman–Crippen LogP) is 12.0. The number of aromatic nitrogens is 1. The number of fused-ring (bicyclic) bond motifs is 8. The molecule has 222 valence electrons. The molecule has 0 saturated carbocycles. The lowest BCUT2D eigenvalue weighted by atomic mass is 9.98. The number of para-hydroxylation sites is 2. The van der Waals surface area contributed by atoms with Gasteiger partial charge in [-0.2, -0.15) is 0 Å². The van der Waals surface area contributed by atoms with E-state index in [-0.39, 0.29) is 6.23 Å². The highest BCUT2D eigenvalue weighted by molar-refractivity contribution is 7.26. The van der Waals surface area contributed by atoms with Crippen LogP contribution in [-0.4, -0.2) is 4.57 Å². The summed E-state index contributed by atoms with van der Waals surface area (Å²) in [6.45, 7) is 0. The molecule has 0 saturated heterocycles. The van der Waals surface area contributed by atoms with E-state index in [0.717, 1.165) is 33.8 Å². The van der Waals surface area contributed by atoms with Crippen LogP contribution in [0.15, 0.2) is 158 Å². The quantitative estimate of drug-likeness (QED) is 0.212. The van der Waals surface area contributed by atoms with Crippen LogP contribution in [0.25, 0.3) is 69.9 Å². The van der Waals surface area contributed by atoms with Gasteiger partial charge in [-0.15, -0.1) is 11.3 Å². The normalized spacial score (nSPS) is 14.1. The zero-order valence-electron chi connectivity index (χ0n) is 25.4. The van der Waals surface area contributed by atoms with Gasteiger partial charge in [0.05, 0.1) is 16.7 Å². The molecule has 10 rings (SSSR count). The van der Waals surface area contributed by atoms with Gasteiger partial charge in [-0.1, -0.05) is 115 Å². The third kappa shape index (κ3) is 4.12. The molecular formula is C43H28N2OS. The molecular weight excluding hydrogens is 593 g/mol. The van der Waals surface area contributed by atoms with Crippen LogP contribution >= 0.6 is 11.3 Å². The summed E-state index contributed by atoms with van der Waals surface area (Å²) >= 11 is 1.84. The van der Waals surface area contributed by atoms with Crippen molar-refractivity contribution in [1.82, 2.24) is 4.57 Å². The van der Waals surface area contributed by atoms with Crippen molar-refractivity contribution in [2.24, 2.45) is 0 Å². The molecule has 7 aromatic carbocycles. The molecule has 3 heterocycles. The van der Waals surface area contributed by atoms with E-state index in [4.69, 9.17) is 4.74 Å². The van der Waals surface area contributed by atoms with Crippen molar-refractivity contribution in [3.63, 3.8) is 0 Å². The number of thiophene rings is 1. The molecule has 0 spiro atoms. The monoisotopic (exact) mass is 620 g/mol. The summed E-state index contributed by atoms with van der Waals surface area (Å²) < 4.78 is 11.8. The summed E-state index contributed by atoms with van der Waals surface area (Å²) in [5.41, 5.74) is 10.4. The topological polar surface area (TPSA) is 26.2 Å². The highest BCUT2D eigenvalue weighted by Crippen LogP contribution is 2.53. The molecule has 1 N–H and O–H groups in total. The lowest BCUT2D eigenvalue weighted by Gasteiger charge is -2.14. The molecule has 0 amide bonds. The number of rotatable bonds is 4. The second-order valence-corrected chi connectivity index (χ2v) is 13.2. The largest absolute Gasteiger partial charge is 0.464 e. The van der Waals surface area contributed by atoms with E-state index in [0.29, 0.717) is 0 Å². The van der Waals surface area contributed by atoms with Crippen molar-refractivity contribution < 1.29 is 4.74 Å². The van der Waals surface area contributed by atoms with Gasteiger partial charge in [-0.25, -0.2) is 0 Å². The first-order valence-electron chi connectivity index (χ1n) is 16.0. The Kier molecular flexibility index (Phi) is 5.81. The Morgan fingerprint density at radius 2 is 1.19 bits per heavy atom. The van der Waals surface area contributed by atoms with Crippen LogP contribution in [0, 0.1) is 0 Å². The minimum Gasteiger partial charge on any atom is -0.464 e. The highest BCUT2D eigenvalue weighted by atomic mass is 32.1. The Balaban J connectivity index is 1.12. The van der Waals surface area contributed by atoms with Crippen molar-refractivity contribution in [2.45, 2.75) is 6.23 Å². The Bertz CT molecular complexity index is 2620. The third-order valence-electron chi connectivity index (χ3n) is 9.45. The van der Waals surface area contributed by atoms with Gasteiger partial charge in [0, 0.05) is 47.8 Å². The summed E-state index contributed by atoms with van der Waals surface area (Å²) in [4.78, 5) is 0. The first kappa shape index (κ1) is 26.4. The molecule has 1 aliphatic rings. The van der Waals surface area contributed by atoms with Gasteiger partial charge >= 0.3 is 0 Å². The standard InChI is InChI=1S/C43H28N2OS/c1-3-11-27(12-4-1)28-19-21-29(22-20-28)34-26-39-40(33-16-8-10-18-38(33)47-39)41-42(34)46-43(44-41)30-23-24-37-35(25-30)32-15-7-9-17-36(32)45(37)31-13-5-2-6-14-31/h1-26,43-44H. The molecule has 0 radical (unpaired) electrons. The Morgan fingerprint density at radius 3 is 2.02 bits per heavy atom. The number of nitrogens with zero attached hydrogens (tertiary/aromatic N) is 1. The smallest absolute Gasteiger partial charge is 0.196 e. The highest BCUT2D eigenvalue weighted by Gasteiger charge is 2.31. The molecule has 47 heavy (non-hydrogen) atoms. The summed E-state index contributed by atoms with van der Waals surface area (Å²) in [5, 5.41) is 8.78. The molecule has 4 heteroatoms. The summed E-state index contributed by atoms with van der Waals surface area (Å²) in [6.07, 6.45) is -0.320. The van der Waals surface area contributed by atoms with E-state index >= 15 is 0 Å². The fourth-order valence-electron chi connectivity index (χ4n) is 7.25. The van der Waals surface area contributed by atoms with Crippen LogP contribution in [-0.2, 0) is 0 Å². The average Bonchev–Trinajstić information content (AvgIpc) is 3.84. The van der Waals surface area contributed by atoms with Crippen LogP contribution in [0.3, 0.4) is 0 Å². The van der Waals surface area contributed by atoms with Gasteiger partial charge in [0.25, 0.3) is 0 Å². The van der Waals surface area contributed by atoms with Gasteiger partial charge in [-0.05, 0) is 59.2 Å². The molecule has 0 aliphatic carbocycles. The van der Waals surface area contributed by atoms with Crippen LogP contribution < -0.4 is 10.1 Å². The Morgan fingerprint density at radius 1 is 0.532 bits per heavy atom. The average molecular weight is 621 g/mol. The Hall–Kier alpha value is -5.84. The number of nitrogens with one attached hydrogen (secondary N) is 1. The summed E-state index contributed by atoms with van der Waals surface area (Å²) in [6, 6.07) is 56.4. The third-order valence-corrected chi connectivity index (χ3v) is 10.6. The summed E-state index contributed by atoms with van der Waals surface area (Å²) in [5.74, 6) is 0.908. The van der Waals surface area contributed by atoms with E-state index in [2.05, 4.69) is 168 Å². The maximum Gasteiger partial charge on any atom is 0.196 e. The van der Waals surface area contributed by atoms with Crippen molar-refractivity contribution in [3.8, 4) is 33.7 Å². The first-order valence-corrected chi connectivity index (χ1v) is 16.8. The van der Waals surface area contributed by atoms with Gasteiger partial charge in [0.1, 0.15) is 0 Å². The number of hydrogen-bond acceptors (Lipinski definition) is 3. The van der Waals surface area contributed by atoms with Crippen molar-refractivity contribution in [2.75, 3.05) is 5.32 Å². The van der Waals surface area contributed by atoms with E-state index in [9.17, 15) is 0 Å². The van der Waals surface area contributed by atoms with Gasteiger partial charge < -0.3 is 14.6 Å². The predicted molar refractivity (Wildman–Crippen MR) is 198 cm³/mol. The van der Waals surface area contributed by atoms with E-state index in [1.54, 1.807) is 0 Å². The van der Waals surface area contributed by atoms with Gasteiger partial charge in [-0.3, -0.25) is 0 Å². The van der Waals surface area contributed by atoms with Gasteiger partial charge in [0.2, 0.25) is 0 Å². The minimum absolute atomic E-state index is 0.320. The molecule has 1 atom stereocenters. The number of ether oxygens (including phenoxy) is 1. The fourth-order valence-corrected chi connectivity index (χ4v) is 8.41. The van der Waals surface area contributed by atoms with E-state index in [1.165, 1.54) is 53.1 Å². The molecule has 2 aromatic heterocycles. The lowest BCUT2D eigenvalue weighted by molar-refractivity contribution is 0.261. The maximum absolute atomic E-state index is 6.96. The van der Waals surface area contributed by atoms with Crippen molar-refractivity contribution >= 4 is 59.0 Å². The fraction of sp³-hybridized carbons (Fsp3) is 0.0233. The second-order valence-electron chi connectivity index (χ2n) is 12.1. The van der Waals surface area contributed by atoms with Crippen molar-refractivity contribution in [1.29, 1.82) is 0 Å². The number of hydrogen-bond donors (Lipinski definition) is 1. The van der Waals surface area contributed by atoms with E-state index < -0.39 is 0 Å². The zero-order valence-corrected chi connectivity index (χ0v) is 26.2. The molecule has 3 nitrogen and oxygen atoms in total. The van der Waals surface area contributed by atoms with Crippen LogP contribution in [0.4, 0.5) is 5.69 Å². The second kappa shape index (κ2) is 10.3. The molecule has 1 unspecified atom stereocenters. The van der Waals surface area contributed by atoms with Crippen molar-refractivity contribution in [3.05, 3.63) is 163 Å². The van der Waals surface area contributed by atoms with Crippen LogP contribution in [0.2, 0.25) is 0 Å². The maximum atomic E-state index is 6.96. The van der Waals surface area contributed by atoms with E-state index in [1.807, 2.05) is 11.3 Å². The molecule has 9 aromatic rings. The first-order chi connectivity index (χ1) is 23.3. The van der Waals surface area contributed by atoms with Crippen LogP contribution in [0.1, 0.15) is 11.8 Å². The van der Waals surface area contributed by atoms with Crippen LogP contribution in [0.5, 0.6) is 5.75 Å². The SMILES string of the molecule is c1ccc(-c2ccc(-c3cc4sc5ccccc5c4c4c3OC(c3ccc5c(c3)c3ccccc3n5-c3ccccc3)N4)cc2)cc1. The Labute approximate surface area is 275 Å². The molecule has 1 aliphatic heterocycles. The van der Waals surface area contributed by atoms with Gasteiger partial charge in [0.15, 0.2) is 12.0 Å². The zero-order chi connectivity index (χ0) is 30.9. The number of benzene rings is 7. The lowest BCUT2D eigenvalue weighted by Crippen LogP contribution is -2.10.